The van der Waals surface area contributed by atoms with E-state index in [1.165, 1.54) is 13.2 Å². The number of carboxylic acids is 1. The molecule has 5 nitrogen and oxygen atoms in total. The molecule has 1 atom stereocenters. The van der Waals surface area contributed by atoms with Crippen LogP contribution in [0.5, 0.6) is 0 Å². The lowest BCUT2D eigenvalue weighted by Gasteiger charge is -2.07. The van der Waals surface area contributed by atoms with Crippen molar-refractivity contribution in [1.82, 2.24) is 5.32 Å². The average molecular weight is 233 g/mol. The summed E-state index contributed by atoms with van der Waals surface area (Å²) in [6, 6.07) is 6.14. The molecule has 17 heavy (non-hydrogen) atoms. The molecule has 2 aromatic rings. The standard InChI is InChI=1S/C12H11NO4/c1-7(12(15)16)13-11(14)9-6-17-10-5-3-2-4-8(9)10/h2-7H,1H3,(H,13,14)(H,15,16). The van der Waals surface area contributed by atoms with E-state index in [9.17, 15) is 9.59 Å². The zero-order chi connectivity index (χ0) is 12.4. The maximum Gasteiger partial charge on any atom is 0.325 e. The maximum atomic E-state index is 11.8. The number of furan rings is 1. The van der Waals surface area contributed by atoms with Crippen LogP contribution in [0.15, 0.2) is 34.9 Å². The van der Waals surface area contributed by atoms with Crippen LogP contribution in [-0.4, -0.2) is 23.0 Å². The number of nitrogens with one attached hydrogen (secondary N) is 1. The van der Waals surface area contributed by atoms with E-state index in [0.717, 1.165) is 0 Å². The third-order valence-electron chi connectivity index (χ3n) is 2.44. The van der Waals surface area contributed by atoms with E-state index in [1.54, 1.807) is 24.3 Å². The Labute approximate surface area is 97.0 Å². The Morgan fingerprint density at radius 3 is 2.76 bits per heavy atom. The number of carbonyl (C=O) groups is 2. The first-order valence-corrected chi connectivity index (χ1v) is 5.09. The summed E-state index contributed by atoms with van der Waals surface area (Å²) >= 11 is 0. The fraction of sp³-hybridized carbons (Fsp3) is 0.167. The highest BCUT2D eigenvalue weighted by atomic mass is 16.4. The predicted octanol–water partition coefficient (Wildman–Crippen LogP) is 1.64. The highest BCUT2D eigenvalue weighted by molar-refractivity contribution is 6.06. The average Bonchev–Trinajstić information content (AvgIpc) is 2.72. The van der Waals surface area contributed by atoms with Crippen molar-refractivity contribution in [3.05, 3.63) is 36.1 Å². The van der Waals surface area contributed by atoms with Gasteiger partial charge in [-0.25, -0.2) is 0 Å². The Balaban J connectivity index is 2.28. The van der Waals surface area contributed by atoms with Crippen LogP contribution in [-0.2, 0) is 4.79 Å². The molecule has 0 saturated carbocycles. The van der Waals surface area contributed by atoms with Crippen molar-refractivity contribution in [2.45, 2.75) is 13.0 Å². The Bertz CT molecular complexity index is 573. The number of hydrogen-bond donors (Lipinski definition) is 2. The smallest absolute Gasteiger partial charge is 0.325 e. The number of fused-ring (bicyclic) bond motifs is 1. The molecule has 1 aromatic carbocycles. The van der Waals surface area contributed by atoms with Gasteiger partial charge in [0, 0.05) is 5.39 Å². The molecule has 0 bridgehead atoms. The lowest BCUT2D eigenvalue weighted by atomic mass is 10.1. The molecule has 0 saturated heterocycles. The fourth-order valence-electron chi connectivity index (χ4n) is 1.49. The van der Waals surface area contributed by atoms with Gasteiger partial charge in [0.15, 0.2) is 0 Å². The molecule has 1 unspecified atom stereocenters. The van der Waals surface area contributed by atoms with Gasteiger partial charge < -0.3 is 14.8 Å². The Kier molecular flexibility index (Phi) is 2.82. The van der Waals surface area contributed by atoms with E-state index in [0.29, 0.717) is 16.5 Å². The summed E-state index contributed by atoms with van der Waals surface area (Å²) in [5, 5.41) is 11.7. The molecular weight excluding hydrogens is 222 g/mol. The molecule has 88 valence electrons. The minimum Gasteiger partial charge on any atom is -0.480 e. The number of aliphatic carboxylic acids is 1. The first-order chi connectivity index (χ1) is 8.09. The molecule has 2 N–H and O–H groups in total. The van der Waals surface area contributed by atoms with E-state index in [-0.39, 0.29) is 0 Å². The van der Waals surface area contributed by atoms with Gasteiger partial charge in [0.2, 0.25) is 0 Å². The van der Waals surface area contributed by atoms with E-state index < -0.39 is 17.9 Å². The summed E-state index contributed by atoms with van der Waals surface area (Å²) < 4.78 is 5.20. The van der Waals surface area contributed by atoms with E-state index >= 15 is 0 Å². The van der Waals surface area contributed by atoms with Crippen molar-refractivity contribution >= 4 is 22.8 Å². The zero-order valence-electron chi connectivity index (χ0n) is 9.14. The SMILES string of the molecule is CC(NC(=O)c1coc2ccccc12)C(=O)O. The molecule has 0 aliphatic rings. The highest BCUT2D eigenvalue weighted by Gasteiger charge is 2.18. The topological polar surface area (TPSA) is 79.5 Å². The second kappa shape index (κ2) is 4.29. The Hall–Kier alpha value is -2.30. The van der Waals surface area contributed by atoms with Crippen LogP contribution in [0.3, 0.4) is 0 Å². The van der Waals surface area contributed by atoms with Crippen molar-refractivity contribution in [3.63, 3.8) is 0 Å². The first kappa shape index (κ1) is 11.2. The molecule has 2 rings (SSSR count). The highest BCUT2D eigenvalue weighted by Crippen LogP contribution is 2.20. The van der Waals surface area contributed by atoms with Crippen LogP contribution >= 0.6 is 0 Å². The number of hydrogen-bond acceptors (Lipinski definition) is 3. The third kappa shape index (κ3) is 2.13. The summed E-state index contributed by atoms with van der Waals surface area (Å²) in [5.41, 5.74) is 0.939. The van der Waals surface area contributed by atoms with Crippen molar-refractivity contribution < 1.29 is 19.1 Å². The van der Waals surface area contributed by atoms with Crippen LogP contribution in [0.4, 0.5) is 0 Å². The van der Waals surface area contributed by atoms with Gasteiger partial charge in [0.25, 0.3) is 5.91 Å². The van der Waals surface area contributed by atoms with Gasteiger partial charge >= 0.3 is 5.97 Å². The van der Waals surface area contributed by atoms with Gasteiger partial charge in [-0.15, -0.1) is 0 Å². The quantitative estimate of drug-likeness (QED) is 0.844. The van der Waals surface area contributed by atoms with Gasteiger partial charge in [-0.2, -0.15) is 0 Å². The molecule has 5 heteroatoms. The summed E-state index contributed by atoms with van der Waals surface area (Å²) in [4.78, 5) is 22.4. The minimum atomic E-state index is -1.08. The Morgan fingerprint density at radius 2 is 2.06 bits per heavy atom. The van der Waals surface area contributed by atoms with Crippen molar-refractivity contribution in [1.29, 1.82) is 0 Å². The fourth-order valence-corrected chi connectivity index (χ4v) is 1.49. The van der Waals surface area contributed by atoms with Gasteiger partial charge in [0.05, 0.1) is 5.56 Å². The minimum absolute atomic E-state index is 0.341. The second-order valence-corrected chi connectivity index (χ2v) is 3.68. The van der Waals surface area contributed by atoms with Crippen LogP contribution in [0.2, 0.25) is 0 Å². The molecule has 1 heterocycles. The summed E-state index contributed by atoms with van der Waals surface area (Å²) in [6.07, 6.45) is 1.33. The first-order valence-electron chi connectivity index (χ1n) is 5.09. The number of amides is 1. The van der Waals surface area contributed by atoms with Gasteiger partial charge in [-0.3, -0.25) is 9.59 Å². The summed E-state index contributed by atoms with van der Waals surface area (Å²) in [7, 11) is 0. The number of para-hydroxylation sites is 1. The second-order valence-electron chi connectivity index (χ2n) is 3.68. The normalized spacial score (nSPS) is 12.3. The molecule has 1 aromatic heterocycles. The molecule has 1 amide bonds. The van der Waals surface area contributed by atoms with E-state index in [1.807, 2.05) is 0 Å². The van der Waals surface area contributed by atoms with E-state index in [2.05, 4.69) is 5.32 Å². The molecule has 0 aliphatic heterocycles. The van der Waals surface area contributed by atoms with Crippen molar-refractivity contribution in [2.24, 2.45) is 0 Å². The molecule has 0 radical (unpaired) electrons. The lowest BCUT2D eigenvalue weighted by Crippen LogP contribution is -2.38. The molecule has 0 aliphatic carbocycles. The van der Waals surface area contributed by atoms with Crippen LogP contribution < -0.4 is 5.32 Å². The Morgan fingerprint density at radius 1 is 1.35 bits per heavy atom. The van der Waals surface area contributed by atoms with Crippen LogP contribution in [0.25, 0.3) is 11.0 Å². The van der Waals surface area contributed by atoms with Gasteiger partial charge in [0.1, 0.15) is 17.9 Å². The lowest BCUT2D eigenvalue weighted by molar-refractivity contribution is -0.138. The van der Waals surface area contributed by atoms with Gasteiger partial charge in [-0.05, 0) is 13.0 Å². The van der Waals surface area contributed by atoms with Crippen LogP contribution in [0.1, 0.15) is 17.3 Å². The molecular formula is C12H11NO4. The number of rotatable bonds is 3. The summed E-state index contributed by atoms with van der Waals surface area (Å²) in [5.74, 6) is -1.53. The van der Waals surface area contributed by atoms with Crippen molar-refractivity contribution in [2.75, 3.05) is 0 Å². The predicted molar refractivity (Wildman–Crippen MR) is 60.8 cm³/mol. The number of carboxylic acid groups (broad SMARTS) is 1. The largest absolute Gasteiger partial charge is 0.480 e. The van der Waals surface area contributed by atoms with Gasteiger partial charge in [-0.1, -0.05) is 18.2 Å². The third-order valence-corrected chi connectivity index (χ3v) is 2.44. The molecule has 0 spiro atoms. The van der Waals surface area contributed by atoms with Crippen molar-refractivity contribution in [3.8, 4) is 0 Å². The number of benzene rings is 1. The molecule has 0 fully saturated rings. The monoisotopic (exact) mass is 233 g/mol. The van der Waals surface area contributed by atoms with Crippen LogP contribution in [0, 0.1) is 0 Å². The zero-order valence-corrected chi connectivity index (χ0v) is 9.14. The van der Waals surface area contributed by atoms with E-state index in [4.69, 9.17) is 9.52 Å². The number of carbonyl (C=O) groups excluding carboxylic acids is 1. The maximum absolute atomic E-state index is 11.8. The summed E-state index contributed by atoms with van der Waals surface area (Å²) in [6.45, 7) is 1.41.